The molecule has 0 radical (unpaired) electrons. The van der Waals surface area contributed by atoms with Gasteiger partial charge in [-0.15, -0.1) is 0 Å². The largest absolute Gasteiger partial charge is 0.454 e. The molecule has 11 rings (SSSR count). The second-order valence-electron chi connectivity index (χ2n) is 16.6. The number of nitrogens with zero attached hydrogens (tertiary/aromatic N) is 1. The third kappa shape index (κ3) is 5.39. The Kier molecular flexibility index (Phi) is 7.37. The quantitative estimate of drug-likeness (QED) is 0.175. The van der Waals surface area contributed by atoms with Crippen molar-refractivity contribution in [1.82, 2.24) is 0 Å². The van der Waals surface area contributed by atoms with Crippen molar-refractivity contribution in [2.75, 3.05) is 4.90 Å². The summed E-state index contributed by atoms with van der Waals surface area (Å²) in [6.07, 6.45) is 0. The molecule has 0 saturated carbocycles. The van der Waals surface area contributed by atoms with E-state index in [2.05, 4.69) is 202 Å². The van der Waals surface area contributed by atoms with Crippen LogP contribution in [0, 0.1) is 6.92 Å². The molecule has 0 N–H and O–H groups in total. The third-order valence-electron chi connectivity index (χ3n) is 12.0. The van der Waals surface area contributed by atoms with Crippen LogP contribution in [0.4, 0.5) is 17.1 Å². The van der Waals surface area contributed by atoms with Crippen LogP contribution in [0.1, 0.15) is 31.9 Å². The molecule has 0 bridgehead atoms. The molecule has 0 amide bonds. The molecule has 0 saturated heterocycles. The van der Waals surface area contributed by atoms with E-state index >= 15 is 0 Å². The summed E-state index contributed by atoms with van der Waals surface area (Å²) in [4.78, 5) is 2.41. The molecular formula is C55H41NO. The van der Waals surface area contributed by atoms with E-state index in [0.717, 1.165) is 39.0 Å². The average Bonchev–Trinajstić information content (AvgIpc) is 3.62. The van der Waals surface area contributed by atoms with Crippen molar-refractivity contribution in [3.05, 3.63) is 187 Å². The van der Waals surface area contributed by atoms with Crippen molar-refractivity contribution in [3.8, 4) is 44.5 Å². The monoisotopic (exact) mass is 731 g/mol. The number of aryl methyl sites for hydroxylation is 1. The summed E-state index contributed by atoms with van der Waals surface area (Å²) < 4.78 is 6.68. The van der Waals surface area contributed by atoms with Crippen molar-refractivity contribution < 1.29 is 4.42 Å². The smallest absolute Gasteiger partial charge is 0.159 e. The molecule has 272 valence electrons. The summed E-state index contributed by atoms with van der Waals surface area (Å²) >= 11 is 0. The van der Waals surface area contributed by atoms with Gasteiger partial charge in [0.25, 0.3) is 0 Å². The van der Waals surface area contributed by atoms with E-state index in [1.807, 2.05) is 6.07 Å². The van der Waals surface area contributed by atoms with Gasteiger partial charge in [0, 0.05) is 22.1 Å². The van der Waals surface area contributed by atoms with Crippen molar-refractivity contribution in [1.29, 1.82) is 0 Å². The Morgan fingerprint density at radius 1 is 0.421 bits per heavy atom. The lowest BCUT2D eigenvalue weighted by Gasteiger charge is -2.30. The van der Waals surface area contributed by atoms with Gasteiger partial charge >= 0.3 is 0 Å². The number of rotatable bonds is 5. The normalized spacial score (nSPS) is 12.2. The zero-order valence-corrected chi connectivity index (χ0v) is 32.6. The highest BCUT2D eigenvalue weighted by Crippen LogP contribution is 2.52. The van der Waals surface area contributed by atoms with Crippen molar-refractivity contribution >= 4 is 60.5 Å². The Labute approximate surface area is 333 Å². The third-order valence-corrected chi connectivity index (χ3v) is 12.0. The fraction of sp³-hybridized carbons (Fsp3) is 0.0909. The average molecular weight is 732 g/mol. The number of fused-ring (bicyclic) bond motifs is 9. The second kappa shape index (κ2) is 12.6. The highest BCUT2D eigenvalue weighted by atomic mass is 16.3. The van der Waals surface area contributed by atoms with Crippen LogP contribution in [-0.4, -0.2) is 0 Å². The first kappa shape index (κ1) is 33.4. The first-order valence-corrected chi connectivity index (χ1v) is 19.9. The standard InChI is InChI=1S/C55H41NO/c1-34-22-24-41(55(2,3)4)33-52(34)56(51-20-13-19-44-43-18-11-12-21-53(43)57-54(44)51)42-25-23-37-27-47-48(30-38(37)26-42)50-32-40-29-46(36-16-9-6-10-17-36)45(28-39(40)31-49(47)50)35-14-7-5-8-15-35/h5-33H,1-4H3. The molecule has 0 spiro atoms. The fourth-order valence-electron chi connectivity index (χ4n) is 8.95. The summed E-state index contributed by atoms with van der Waals surface area (Å²) in [5, 5.41) is 7.21. The van der Waals surface area contributed by atoms with Crippen LogP contribution in [0.3, 0.4) is 0 Å². The van der Waals surface area contributed by atoms with Gasteiger partial charge in [0.15, 0.2) is 5.58 Å². The molecule has 1 aliphatic carbocycles. The maximum atomic E-state index is 6.68. The van der Waals surface area contributed by atoms with E-state index in [0.29, 0.717) is 0 Å². The summed E-state index contributed by atoms with van der Waals surface area (Å²) in [7, 11) is 0. The van der Waals surface area contributed by atoms with Gasteiger partial charge in [-0.05, 0) is 156 Å². The van der Waals surface area contributed by atoms with Gasteiger partial charge in [-0.3, -0.25) is 0 Å². The molecule has 0 atom stereocenters. The van der Waals surface area contributed by atoms with Crippen LogP contribution < -0.4 is 4.90 Å². The Hall–Kier alpha value is -6.90. The van der Waals surface area contributed by atoms with Crippen LogP contribution in [0.15, 0.2) is 180 Å². The fourth-order valence-corrected chi connectivity index (χ4v) is 8.95. The van der Waals surface area contributed by atoms with Crippen molar-refractivity contribution in [2.24, 2.45) is 0 Å². The van der Waals surface area contributed by atoms with E-state index in [4.69, 9.17) is 4.42 Å². The van der Waals surface area contributed by atoms with E-state index in [1.165, 1.54) is 77.2 Å². The van der Waals surface area contributed by atoms with Gasteiger partial charge in [-0.1, -0.05) is 130 Å². The first-order valence-electron chi connectivity index (χ1n) is 19.9. The lowest BCUT2D eigenvalue weighted by molar-refractivity contribution is 0.590. The highest BCUT2D eigenvalue weighted by molar-refractivity contribution is 6.14. The van der Waals surface area contributed by atoms with Gasteiger partial charge in [0.2, 0.25) is 0 Å². The number of benzene rings is 9. The van der Waals surface area contributed by atoms with Crippen LogP contribution in [0.2, 0.25) is 0 Å². The molecule has 57 heavy (non-hydrogen) atoms. The van der Waals surface area contributed by atoms with Gasteiger partial charge in [0.1, 0.15) is 5.58 Å². The summed E-state index contributed by atoms with van der Waals surface area (Å²) in [6.45, 7) is 9.06. The maximum absolute atomic E-state index is 6.68. The Bertz CT molecular complexity index is 3220. The molecule has 2 nitrogen and oxygen atoms in total. The van der Waals surface area contributed by atoms with E-state index in [1.54, 1.807) is 0 Å². The second-order valence-corrected chi connectivity index (χ2v) is 16.6. The van der Waals surface area contributed by atoms with Gasteiger partial charge < -0.3 is 9.32 Å². The zero-order chi connectivity index (χ0) is 38.4. The van der Waals surface area contributed by atoms with E-state index in [-0.39, 0.29) is 5.41 Å². The minimum atomic E-state index is -0.00623. The Balaban J connectivity index is 1.07. The van der Waals surface area contributed by atoms with Crippen LogP contribution in [0.5, 0.6) is 0 Å². The lowest BCUT2D eigenvalue weighted by atomic mass is 9.77. The number of hydrogen-bond acceptors (Lipinski definition) is 2. The van der Waals surface area contributed by atoms with E-state index < -0.39 is 0 Å². The van der Waals surface area contributed by atoms with Crippen LogP contribution in [0.25, 0.3) is 88.0 Å². The molecule has 1 aromatic heterocycles. The minimum Gasteiger partial charge on any atom is -0.454 e. The SMILES string of the molecule is Cc1ccc(C(C)(C)C)cc1N(c1ccc2cc3c(cc2c1)-c1cc2cc(-c4ccccc4)c(-c4ccccc4)cc2cc1-3)c1cccc2c1oc1ccccc12. The van der Waals surface area contributed by atoms with Gasteiger partial charge in [-0.2, -0.15) is 0 Å². The number of furan rings is 1. The Morgan fingerprint density at radius 3 is 1.60 bits per heavy atom. The first-order chi connectivity index (χ1) is 27.8. The molecule has 0 aliphatic heterocycles. The van der Waals surface area contributed by atoms with Crippen LogP contribution >= 0.6 is 0 Å². The number of hydrogen-bond donors (Lipinski definition) is 0. The number of anilines is 3. The highest BCUT2D eigenvalue weighted by Gasteiger charge is 2.27. The molecule has 2 heteroatoms. The minimum absolute atomic E-state index is 0.00623. The molecule has 1 heterocycles. The summed E-state index contributed by atoms with van der Waals surface area (Å²) in [6, 6.07) is 64.6. The van der Waals surface area contributed by atoms with Gasteiger partial charge in [0.05, 0.1) is 5.69 Å². The van der Waals surface area contributed by atoms with Gasteiger partial charge in [-0.25, -0.2) is 0 Å². The maximum Gasteiger partial charge on any atom is 0.159 e. The van der Waals surface area contributed by atoms with Crippen molar-refractivity contribution in [2.45, 2.75) is 33.1 Å². The summed E-state index contributed by atoms with van der Waals surface area (Å²) in [5.41, 5.74) is 17.8. The zero-order valence-electron chi connectivity index (χ0n) is 32.6. The molecule has 0 unspecified atom stereocenters. The Morgan fingerprint density at radius 2 is 0.965 bits per heavy atom. The van der Waals surface area contributed by atoms with E-state index in [9.17, 15) is 0 Å². The molecule has 0 fully saturated rings. The molecule has 9 aromatic carbocycles. The molecular weight excluding hydrogens is 691 g/mol. The number of para-hydroxylation sites is 2. The topological polar surface area (TPSA) is 16.4 Å². The molecule has 10 aromatic rings. The molecule has 1 aliphatic rings. The van der Waals surface area contributed by atoms with Crippen LogP contribution in [-0.2, 0) is 5.41 Å². The summed E-state index contributed by atoms with van der Waals surface area (Å²) in [5.74, 6) is 0. The van der Waals surface area contributed by atoms with Crippen molar-refractivity contribution in [3.63, 3.8) is 0 Å². The predicted octanol–water partition coefficient (Wildman–Crippen LogP) is 15.9. The predicted molar refractivity (Wildman–Crippen MR) is 242 cm³/mol. The lowest BCUT2D eigenvalue weighted by Crippen LogP contribution is -2.15.